The number of hydrogen-bond donors (Lipinski definition) is 0. The van der Waals surface area contributed by atoms with Crippen LogP contribution in [0.5, 0.6) is 0 Å². The summed E-state index contributed by atoms with van der Waals surface area (Å²) in [5.41, 5.74) is 2.03. The molecule has 0 spiro atoms. The molecule has 64 valence electrons. The lowest BCUT2D eigenvalue weighted by Crippen LogP contribution is -2.08. The second kappa shape index (κ2) is 3.00. The van der Waals surface area contributed by atoms with Gasteiger partial charge in [0.15, 0.2) is 0 Å². The van der Waals surface area contributed by atoms with Gasteiger partial charge in [-0.1, -0.05) is 32.9 Å². The van der Waals surface area contributed by atoms with E-state index in [2.05, 4.69) is 27.4 Å². The number of allylic oxidation sites excluding steroid dienone is 1. The summed E-state index contributed by atoms with van der Waals surface area (Å²) < 4.78 is 0. The van der Waals surface area contributed by atoms with Crippen molar-refractivity contribution in [3.63, 3.8) is 0 Å². The van der Waals surface area contributed by atoms with Crippen molar-refractivity contribution >= 4 is 0 Å². The Hall–Kier alpha value is -0.260. The molecule has 1 fully saturated rings. The molecule has 1 aliphatic rings. The summed E-state index contributed by atoms with van der Waals surface area (Å²) in [5, 5.41) is 0. The lowest BCUT2D eigenvalue weighted by atomic mass is 9.85. The summed E-state index contributed by atoms with van der Waals surface area (Å²) in [6.45, 7) is 11.2. The first-order chi connectivity index (χ1) is 5.01. The zero-order valence-electron chi connectivity index (χ0n) is 8.11. The molecular formula is C11H20. The normalized spacial score (nSPS) is 31.5. The molecule has 0 amide bonds. The molecular weight excluding hydrogens is 132 g/mol. The van der Waals surface area contributed by atoms with Crippen LogP contribution in [0.4, 0.5) is 0 Å². The van der Waals surface area contributed by atoms with Gasteiger partial charge in [0.25, 0.3) is 0 Å². The topological polar surface area (TPSA) is 0 Å². The van der Waals surface area contributed by atoms with Crippen molar-refractivity contribution < 1.29 is 0 Å². The molecule has 0 nitrogen and oxygen atoms in total. The maximum absolute atomic E-state index is 4.12. The standard InChI is InChI=1S/C11H20/c1-9-5-7-11(3,4)8-6-10(9)2/h10H,1,5-8H2,2-4H3. The van der Waals surface area contributed by atoms with Crippen LogP contribution in [-0.2, 0) is 0 Å². The van der Waals surface area contributed by atoms with Crippen molar-refractivity contribution in [1.29, 1.82) is 0 Å². The Kier molecular flexibility index (Phi) is 2.41. The first-order valence-corrected chi connectivity index (χ1v) is 4.69. The van der Waals surface area contributed by atoms with Crippen LogP contribution >= 0.6 is 0 Å². The third kappa shape index (κ3) is 2.36. The van der Waals surface area contributed by atoms with Gasteiger partial charge in [-0.25, -0.2) is 0 Å². The van der Waals surface area contributed by atoms with E-state index >= 15 is 0 Å². The first kappa shape index (κ1) is 8.83. The Morgan fingerprint density at radius 3 is 2.64 bits per heavy atom. The Bertz CT molecular complexity index is 153. The molecule has 0 N–H and O–H groups in total. The summed E-state index contributed by atoms with van der Waals surface area (Å²) in [6, 6.07) is 0. The molecule has 1 aliphatic carbocycles. The predicted molar refractivity (Wildman–Crippen MR) is 50.6 cm³/mol. The van der Waals surface area contributed by atoms with Crippen LogP contribution in [0.3, 0.4) is 0 Å². The van der Waals surface area contributed by atoms with Crippen molar-refractivity contribution in [2.75, 3.05) is 0 Å². The molecule has 0 heterocycles. The SMILES string of the molecule is C=C1CCC(C)(C)CCC1C. The minimum atomic E-state index is 0.563. The predicted octanol–water partition coefficient (Wildman–Crippen LogP) is 3.78. The average Bonchev–Trinajstić information content (AvgIpc) is 2.03. The van der Waals surface area contributed by atoms with Crippen LogP contribution in [0.15, 0.2) is 12.2 Å². The van der Waals surface area contributed by atoms with E-state index in [0.29, 0.717) is 5.41 Å². The first-order valence-electron chi connectivity index (χ1n) is 4.69. The highest BCUT2D eigenvalue weighted by molar-refractivity contribution is 5.02. The van der Waals surface area contributed by atoms with E-state index in [9.17, 15) is 0 Å². The third-order valence-electron chi connectivity index (χ3n) is 3.07. The van der Waals surface area contributed by atoms with Crippen LogP contribution in [-0.4, -0.2) is 0 Å². The molecule has 0 aliphatic heterocycles. The summed E-state index contributed by atoms with van der Waals surface area (Å²) in [6.07, 6.45) is 5.28. The molecule has 0 aromatic heterocycles. The lowest BCUT2D eigenvalue weighted by molar-refractivity contribution is 0.310. The number of rotatable bonds is 0. The van der Waals surface area contributed by atoms with E-state index in [4.69, 9.17) is 0 Å². The maximum Gasteiger partial charge on any atom is -0.0234 e. The molecule has 0 heteroatoms. The average molecular weight is 152 g/mol. The Morgan fingerprint density at radius 1 is 1.36 bits per heavy atom. The zero-order valence-corrected chi connectivity index (χ0v) is 8.11. The van der Waals surface area contributed by atoms with Gasteiger partial charge >= 0.3 is 0 Å². The van der Waals surface area contributed by atoms with Gasteiger partial charge < -0.3 is 0 Å². The molecule has 1 saturated carbocycles. The molecule has 1 rings (SSSR count). The van der Waals surface area contributed by atoms with Crippen molar-refractivity contribution in [3.8, 4) is 0 Å². The van der Waals surface area contributed by atoms with E-state index in [1.165, 1.54) is 31.3 Å². The molecule has 0 bridgehead atoms. The van der Waals surface area contributed by atoms with Crippen molar-refractivity contribution in [2.24, 2.45) is 11.3 Å². The van der Waals surface area contributed by atoms with Crippen LogP contribution in [0.2, 0.25) is 0 Å². The minimum Gasteiger partial charge on any atom is -0.0996 e. The fraction of sp³-hybridized carbons (Fsp3) is 0.818. The quantitative estimate of drug-likeness (QED) is 0.366. The van der Waals surface area contributed by atoms with Crippen LogP contribution in [0, 0.1) is 11.3 Å². The van der Waals surface area contributed by atoms with E-state index in [-0.39, 0.29) is 0 Å². The highest BCUT2D eigenvalue weighted by atomic mass is 14.3. The van der Waals surface area contributed by atoms with Gasteiger partial charge in [0.1, 0.15) is 0 Å². The highest BCUT2D eigenvalue weighted by Crippen LogP contribution is 2.37. The molecule has 11 heavy (non-hydrogen) atoms. The molecule has 1 unspecified atom stereocenters. The van der Waals surface area contributed by atoms with Crippen LogP contribution in [0.25, 0.3) is 0 Å². The van der Waals surface area contributed by atoms with Crippen LogP contribution in [0.1, 0.15) is 46.5 Å². The van der Waals surface area contributed by atoms with Gasteiger partial charge in [-0.05, 0) is 37.0 Å². The van der Waals surface area contributed by atoms with Crippen molar-refractivity contribution in [2.45, 2.75) is 46.5 Å². The van der Waals surface area contributed by atoms with Gasteiger partial charge in [0.05, 0.1) is 0 Å². The molecule has 0 aromatic carbocycles. The van der Waals surface area contributed by atoms with E-state index in [1.807, 2.05) is 0 Å². The van der Waals surface area contributed by atoms with E-state index < -0.39 is 0 Å². The largest absolute Gasteiger partial charge is 0.0996 e. The Balaban J connectivity index is 2.58. The summed E-state index contributed by atoms with van der Waals surface area (Å²) >= 11 is 0. The fourth-order valence-corrected chi connectivity index (χ4v) is 1.68. The van der Waals surface area contributed by atoms with Crippen molar-refractivity contribution in [1.82, 2.24) is 0 Å². The van der Waals surface area contributed by atoms with Crippen molar-refractivity contribution in [3.05, 3.63) is 12.2 Å². The van der Waals surface area contributed by atoms with Gasteiger partial charge in [-0.2, -0.15) is 0 Å². The molecule has 1 atom stereocenters. The third-order valence-corrected chi connectivity index (χ3v) is 3.07. The second-order valence-electron chi connectivity index (χ2n) is 4.76. The van der Waals surface area contributed by atoms with Gasteiger partial charge in [0, 0.05) is 0 Å². The summed E-state index contributed by atoms with van der Waals surface area (Å²) in [4.78, 5) is 0. The minimum absolute atomic E-state index is 0.563. The highest BCUT2D eigenvalue weighted by Gasteiger charge is 2.23. The maximum atomic E-state index is 4.12. The van der Waals surface area contributed by atoms with Gasteiger partial charge in [-0.15, -0.1) is 0 Å². The number of hydrogen-bond acceptors (Lipinski definition) is 0. The molecule has 0 radical (unpaired) electrons. The lowest BCUT2D eigenvalue weighted by Gasteiger charge is -2.21. The molecule has 0 aromatic rings. The monoisotopic (exact) mass is 152 g/mol. The summed E-state index contributed by atoms with van der Waals surface area (Å²) in [5.74, 6) is 0.761. The Morgan fingerprint density at radius 2 is 2.00 bits per heavy atom. The Labute approximate surface area is 70.7 Å². The van der Waals surface area contributed by atoms with E-state index in [1.54, 1.807) is 0 Å². The molecule has 0 saturated heterocycles. The van der Waals surface area contributed by atoms with Gasteiger partial charge in [0.2, 0.25) is 0 Å². The van der Waals surface area contributed by atoms with Gasteiger partial charge in [-0.3, -0.25) is 0 Å². The fourth-order valence-electron chi connectivity index (χ4n) is 1.68. The second-order valence-corrected chi connectivity index (χ2v) is 4.76. The smallest absolute Gasteiger partial charge is 0.0234 e. The summed E-state index contributed by atoms with van der Waals surface area (Å²) in [7, 11) is 0. The van der Waals surface area contributed by atoms with E-state index in [0.717, 1.165) is 5.92 Å². The van der Waals surface area contributed by atoms with Crippen LogP contribution < -0.4 is 0 Å². The zero-order chi connectivity index (χ0) is 8.48.